The molecular weight excluding hydrogens is 372 g/mol. The number of thiocarbonyl (C=S) groups is 1. The van der Waals surface area contributed by atoms with Crippen molar-refractivity contribution in [3.8, 4) is 5.75 Å². The lowest BCUT2D eigenvalue weighted by atomic mass is 10.3. The first-order chi connectivity index (χ1) is 10.7. The zero-order chi connectivity index (χ0) is 17.0. The molecule has 9 heteroatoms. The smallest absolute Gasteiger partial charge is 0.406 e. The van der Waals surface area contributed by atoms with Gasteiger partial charge in [0.25, 0.3) is 0 Å². The van der Waals surface area contributed by atoms with Crippen LogP contribution in [0, 0.1) is 0 Å². The molecule has 0 fully saturated rings. The van der Waals surface area contributed by atoms with Crippen LogP contribution >= 0.6 is 35.4 Å². The quantitative estimate of drug-likeness (QED) is 0.669. The average molecular weight is 381 g/mol. The Balaban J connectivity index is 2.06. The molecule has 2 aromatic carbocycles. The second kappa shape index (κ2) is 7.25. The minimum Gasteiger partial charge on any atom is -0.406 e. The molecule has 0 heterocycles. The maximum Gasteiger partial charge on any atom is 0.573 e. The van der Waals surface area contributed by atoms with Crippen LogP contribution in [0.2, 0.25) is 10.0 Å². The largest absolute Gasteiger partial charge is 0.573 e. The molecule has 122 valence electrons. The molecular formula is C14H9Cl2F3N2OS. The van der Waals surface area contributed by atoms with Crippen LogP contribution in [0.1, 0.15) is 0 Å². The predicted octanol–water partition coefficient (Wildman–Crippen LogP) is 5.70. The van der Waals surface area contributed by atoms with Gasteiger partial charge in [0.1, 0.15) is 5.75 Å². The Bertz CT molecular complexity index is 725. The minimum absolute atomic E-state index is 0.137. The number of rotatable bonds is 3. The van der Waals surface area contributed by atoms with Crippen LogP contribution in [0.15, 0.2) is 42.5 Å². The van der Waals surface area contributed by atoms with Crippen molar-refractivity contribution in [2.24, 2.45) is 0 Å². The fraction of sp³-hybridized carbons (Fsp3) is 0.0714. The molecule has 2 rings (SSSR count). The van der Waals surface area contributed by atoms with Crippen LogP contribution in [-0.2, 0) is 0 Å². The van der Waals surface area contributed by atoms with Gasteiger partial charge in [0.2, 0.25) is 0 Å². The van der Waals surface area contributed by atoms with Crippen molar-refractivity contribution in [1.29, 1.82) is 0 Å². The lowest BCUT2D eigenvalue weighted by molar-refractivity contribution is -0.274. The molecule has 3 nitrogen and oxygen atoms in total. The molecule has 0 saturated heterocycles. The predicted molar refractivity (Wildman–Crippen MR) is 89.4 cm³/mol. The highest BCUT2D eigenvalue weighted by Crippen LogP contribution is 2.30. The Morgan fingerprint density at radius 1 is 1.04 bits per heavy atom. The molecule has 0 bridgehead atoms. The third-order valence-corrected chi connectivity index (χ3v) is 3.55. The monoisotopic (exact) mass is 380 g/mol. The van der Waals surface area contributed by atoms with Gasteiger partial charge in [0.05, 0.1) is 15.7 Å². The maximum atomic E-state index is 12.2. The highest BCUT2D eigenvalue weighted by molar-refractivity contribution is 7.80. The normalized spacial score (nSPS) is 11.0. The Kier molecular flexibility index (Phi) is 5.56. The fourth-order valence-electron chi connectivity index (χ4n) is 1.66. The third-order valence-electron chi connectivity index (χ3n) is 2.53. The zero-order valence-corrected chi connectivity index (χ0v) is 13.6. The van der Waals surface area contributed by atoms with E-state index in [4.69, 9.17) is 35.4 Å². The molecule has 2 aromatic rings. The van der Waals surface area contributed by atoms with Gasteiger partial charge in [0, 0.05) is 11.8 Å². The molecule has 0 atom stereocenters. The topological polar surface area (TPSA) is 33.3 Å². The fourth-order valence-corrected chi connectivity index (χ4v) is 2.23. The number of alkyl halides is 3. The van der Waals surface area contributed by atoms with E-state index in [0.717, 1.165) is 0 Å². The van der Waals surface area contributed by atoms with Crippen molar-refractivity contribution in [3.63, 3.8) is 0 Å². The summed E-state index contributed by atoms with van der Waals surface area (Å²) in [7, 11) is 0. The molecule has 23 heavy (non-hydrogen) atoms. The van der Waals surface area contributed by atoms with Crippen LogP contribution in [0.5, 0.6) is 5.75 Å². The summed E-state index contributed by atoms with van der Waals surface area (Å²) in [6.45, 7) is 0. The summed E-state index contributed by atoms with van der Waals surface area (Å²) in [5, 5.41) is 6.31. The van der Waals surface area contributed by atoms with Gasteiger partial charge >= 0.3 is 6.36 Å². The van der Waals surface area contributed by atoms with Crippen molar-refractivity contribution < 1.29 is 17.9 Å². The van der Waals surface area contributed by atoms with Crippen molar-refractivity contribution in [2.75, 3.05) is 10.6 Å². The minimum atomic E-state index is -4.76. The van der Waals surface area contributed by atoms with Gasteiger partial charge in [-0.05, 0) is 36.5 Å². The molecule has 0 aliphatic carbocycles. The zero-order valence-electron chi connectivity index (χ0n) is 11.2. The van der Waals surface area contributed by atoms with Crippen molar-refractivity contribution >= 4 is 51.9 Å². The van der Waals surface area contributed by atoms with Crippen LogP contribution < -0.4 is 15.4 Å². The summed E-state index contributed by atoms with van der Waals surface area (Å²) in [5.41, 5.74) is 0.793. The van der Waals surface area contributed by atoms with Gasteiger partial charge in [-0.1, -0.05) is 35.3 Å². The highest BCUT2D eigenvalue weighted by atomic mass is 35.5. The van der Waals surface area contributed by atoms with E-state index in [0.29, 0.717) is 16.4 Å². The Morgan fingerprint density at radius 2 is 1.74 bits per heavy atom. The first-order valence-corrected chi connectivity index (χ1v) is 7.29. The van der Waals surface area contributed by atoms with E-state index in [1.807, 2.05) is 0 Å². The number of benzene rings is 2. The summed E-state index contributed by atoms with van der Waals surface area (Å²) in [6, 6.07) is 10.2. The number of hydrogen-bond acceptors (Lipinski definition) is 2. The van der Waals surface area contributed by atoms with E-state index in [-0.39, 0.29) is 15.9 Å². The Hall–Kier alpha value is -1.70. The van der Waals surface area contributed by atoms with E-state index < -0.39 is 6.36 Å². The Morgan fingerprint density at radius 3 is 2.43 bits per heavy atom. The summed E-state index contributed by atoms with van der Waals surface area (Å²) < 4.78 is 40.4. The number of hydrogen-bond donors (Lipinski definition) is 2. The van der Waals surface area contributed by atoms with Gasteiger partial charge in [-0.2, -0.15) is 0 Å². The molecule has 0 spiro atoms. The van der Waals surface area contributed by atoms with Gasteiger partial charge in [-0.15, -0.1) is 13.2 Å². The molecule has 0 unspecified atom stereocenters. The van der Waals surface area contributed by atoms with Crippen LogP contribution in [0.4, 0.5) is 24.5 Å². The molecule has 0 radical (unpaired) electrons. The van der Waals surface area contributed by atoms with Gasteiger partial charge in [0.15, 0.2) is 5.11 Å². The van der Waals surface area contributed by atoms with Gasteiger partial charge < -0.3 is 15.4 Å². The molecule has 0 aromatic heterocycles. The maximum absolute atomic E-state index is 12.2. The lowest BCUT2D eigenvalue weighted by Gasteiger charge is -2.14. The average Bonchev–Trinajstić information content (AvgIpc) is 2.42. The van der Waals surface area contributed by atoms with E-state index in [9.17, 15) is 13.2 Å². The summed E-state index contributed by atoms with van der Waals surface area (Å²) in [4.78, 5) is 0. The number of ether oxygens (including phenoxy) is 1. The van der Waals surface area contributed by atoms with Crippen LogP contribution in [0.3, 0.4) is 0 Å². The number of nitrogens with one attached hydrogen (secondary N) is 2. The van der Waals surface area contributed by atoms with Crippen LogP contribution in [-0.4, -0.2) is 11.5 Å². The van der Waals surface area contributed by atoms with Crippen molar-refractivity contribution in [2.45, 2.75) is 6.36 Å². The summed E-state index contributed by atoms with van der Waals surface area (Å²) in [6.07, 6.45) is -4.76. The summed E-state index contributed by atoms with van der Waals surface area (Å²) >= 11 is 17.0. The lowest BCUT2D eigenvalue weighted by Crippen LogP contribution is -2.20. The third kappa shape index (κ3) is 5.46. The van der Waals surface area contributed by atoms with E-state index in [1.165, 1.54) is 24.3 Å². The second-order valence-corrected chi connectivity index (χ2v) is 5.45. The van der Waals surface area contributed by atoms with E-state index in [1.54, 1.807) is 18.2 Å². The first-order valence-electron chi connectivity index (χ1n) is 6.12. The van der Waals surface area contributed by atoms with E-state index in [2.05, 4.69) is 15.4 Å². The van der Waals surface area contributed by atoms with Crippen molar-refractivity contribution in [1.82, 2.24) is 0 Å². The standard InChI is InChI=1S/C14H9Cl2F3N2OS/c15-10-5-2-6-11(12(10)16)21-13(23)20-8-3-1-4-9(7-8)22-14(17,18)19/h1-7H,(H2,20,21,23). The van der Waals surface area contributed by atoms with Gasteiger partial charge in [-0.25, -0.2) is 0 Å². The second-order valence-electron chi connectivity index (χ2n) is 4.26. The number of anilines is 2. The van der Waals surface area contributed by atoms with Crippen LogP contribution in [0.25, 0.3) is 0 Å². The SMILES string of the molecule is FC(F)(F)Oc1cccc(NC(=S)Nc2cccc(Cl)c2Cl)c1. The van der Waals surface area contributed by atoms with Gasteiger partial charge in [-0.3, -0.25) is 0 Å². The Labute approximate surface area is 145 Å². The molecule has 0 aliphatic heterocycles. The molecule has 0 saturated carbocycles. The van der Waals surface area contributed by atoms with E-state index >= 15 is 0 Å². The molecule has 0 aliphatic rings. The summed E-state index contributed by atoms with van der Waals surface area (Å²) in [5.74, 6) is -0.355. The molecule has 2 N–H and O–H groups in total. The van der Waals surface area contributed by atoms with Crippen molar-refractivity contribution in [3.05, 3.63) is 52.5 Å². The number of halogens is 5. The first kappa shape index (κ1) is 17.7. The molecule has 0 amide bonds. The highest BCUT2D eigenvalue weighted by Gasteiger charge is 2.31.